The van der Waals surface area contributed by atoms with E-state index in [1.807, 2.05) is 50.5 Å². The molecule has 14 heteroatoms. The molecule has 4 aromatic heterocycles. The lowest BCUT2D eigenvalue weighted by Crippen LogP contribution is -2.42. The van der Waals surface area contributed by atoms with Gasteiger partial charge in [-0.3, -0.25) is 38.7 Å². The van der Waals surface area contributed by atoms with Gasteiger partial charge in [0.15, 0.2) is 0 Å². The van der Waals surface area contributed by atoms with Gasteiger partial charge in [-0.25, -0.2) is 0 Å². The highest BCUT2D eigenvalue weighted by molar-refractivity contribution is 5.93. The molecule has 2 aromatic carbocycles. The summed E-state index contributed by atoms with van der Waals surface area (Å²) in [5.41, 5.74) is 6.54. The van der Waals surface area contributed by atoms with Crippen LogP contribution in [-0.4, -0.2) is 90.4 Å². The first-order valence-corrected chi connectivity index (χ1v) is 19.6. The molecular weight excluding hydrogens is 729 g/mol. The van der Waals surface area contributed by atoms with Crippen LogP contribution in [0.1, 0.15) is 60.8 Å². The monoisotopic (exact) mass is 776 g/mol. The van der Waals surface area contributed by atoms with E-state index >= 15 is 0 Å². The van der Waals surface area contributed by atoms with Gasteiger partial charge < -0.3 is 10.6 Å². The van der Waals surface area contributed by atoms with Gasteiger partial charge in [-0.1, -0.05) is 38.1 Å². The molecule has 0 aliphatic carbocycles. The number of piperidine rings is 2. The summed E-state index contributed by atoms with van der Waals surface area (Å²) in [5, 5.41) is 34.8. The Labute approximate surface area is 338 Å². The van der Waals surface area contributed by atoms with E-state index in [1.165, 1.54) is 11.1 Å². The fourth-order valence-electron chi connectivity index (χ4n) is 8.69. The zero-order valence-electron chi connectivity index (χ0n) is 33.3. The Bertz CT molecular complexity index is 2340. The number of aryl methyl sites for hydroxylation is 2. The fourth-order valence-corrected chi connectivity index (χ4v) is 8.69. The Kier molecular flexibility index (Phi) is 12.2. The average molecular weight is 777 g/mol. The number of carbonyl (C=O) groups is 2. The number of pyridine rings is 2. The van der Waals surface area contributed by atoms with Gasteiger partial charge in [0.2, 0.25) is 11.8 Å². The van der Waals surface area contributed by atoms with Crippen molar-refractivity contribution in [3.8, 4) is 12.1 Å². The molecule has 4 atom stereocenters. The number of fused-ring (bicyclic) bond motifs is 2. The molecule has 0 spiro atoms. The highest BCUT2D eigenvalue weighted by atomic mass is 16.2. The molecule has 296 valence electrons. The lowest BCUT2D eigenvalue weighted by Gasteiger charge is -2.36. The molecule has 2 aliphatic heterocycles. The third-order valence-electron chi connectivity index (χ3n) is 10.9. The Balaban J connectivity index is 0.000000177. The second-order valence-electron chi connectivity index (χ2n) is 15.8. The van der Waals surface area contributed by atoms with Crippen LogP contribution in [0.25, 0.3) is 21.8 Å². The summed E-state index contributed by atoms with van der Waals surface area (Å²) in [5.74, 6) is 1.48. The number of likely N-dealkylation sites (tertiary alicyclic amines) is 2. The zero-order valence-corrected chi connectivity index (χ0v) is 33.3. The number of carbonyl (C=O) groups excluding carboxylic acids is 2. The number of hydrogen-bond acceptors (Lipinski definition) is 10. The van der Waals surface area contributed by atoms with E-state index in [0.29, 0.717) is 59.3 Å². The van der Waals surface area contributed by atoms with Crippen molar-refractivity contribution in [2.75, 3.05) is 49.9 Å². The molecule has 2 fully saturated rings. The first-order chi connectivity index (χ1) is 28.1. The first kappa shape index (κ1) is 39.7. The van der Waals surface area contributed by atoms with Crippen LogP contribution in [0.4, 0.5) is 11.4 Å². The van der Waals surface area contributed by atoms with Gasteiger partial charge in [0.1, 0.15) is 12.1 Å². The van der Waals surface area contributed by atoms with Crippen LogP contribution in [0.2, 0.25) is 0 Å². The van der Waals surface area contributed by atoms with Gasteiger partial charge >= 0.3 is 0 Å². The molecule has 8 rings (SSSR count). The van der Waals surface area contributed by atoms with Crippen LogP contribution >= 0.6 is 0 Å². The summed E-state index contributed by atoms with van der Waals surface area (Å²) in [6.45, 7) is 8.54. The summed E-state index contributed by atoms with van der Waals surface area (Å²) < 4.78 is 3.33. The number of benzene rings is 2. The van der Waals surface area contributed by atoms with E-state index in [0.717, 1.165) is 60.8 Å². The number of hydrogen-bond donors (Lipinski definition) is 2. The van der Waals surface area contributed by atoms with Gasteiger partial charge in [0.05, 0.1) is 59.0 Å². The van der Waals surface area contributed by atoms with E-state index in [1.54, 1.807) is 46.5 Å². The smallest absolute Gasteiger partial charge is 0.238 e. The second kappa shape index (κ2) is 17.8. The van der Waals surface area contributed by atoms with E-state index in [2.05, 4.69) is 78.7 Å². The minimum atomic E-state index is -0.0304. The summed E-state index contributed by atoms with van der Waals surface area (Å²) in [4.78, 5) is 38.3. The Morgan fingerprint density at radius 2 is 1.10 bits per heavy atom. The van der Waals surface area contributed by atoms with Gasteiger partial charge in [-0.2, -0.15) is 20.7 Å². The average Bonchev–Trinajstić information content (AvgIpc) is 3.82. The Morgan fingerprint density at radius 1 is 0.672 bits per heavy atom. The lowest BCUT2D eigenvalue weighted by atomic mass is 9.83. The largest absolute Gasteiger partial charge is 0.322 e. The van der Waals surface area contributed by atoms with Gasteiger partial charge in [0, 0.05) is 75.8 Å². The van der Waals surface area contributed by atoms with Crippen LogP contribution in [0, 0.1) is 34.5 Å². The predicted octanol–water partition coefficient (Wildman–Crippen LogP) is 5.81. The molecule has 6 aromatic rings. The Hall–Kier alpha value is -6.48. The molecule has 2 saturated heterocycles. The number of aromatic nitrogens is 6. The van der Waals surface area contributed by atoms with Crippen molar-refractivity contribution in [1.29, 1.82) is 10.5 Å². The molecule has 58 heavy (non-hydrogen) atoms. The van der Waals surface area contributed by atoms with Crippen molar-refractivity contribution < 1.29 is 9.59 Å². The standard InChI is InChI=1S/2C22H24N6O/c2*1-15-8-17(19-6-5-16(9-23)22-20(19)4-3-7-24-22)12-28(11-15)14-21(29)26-18-10-25-27(2)13-18/h2*3-7,10,13,15,17H,8,11-12,14H2,1-2H3,(H,26,29)/t15-,17+;15-,17-/m11/s1. The minimum absolute atomic E-state index is 0.0304. The topological polar surface area (TPSA) is 174 Å². The summed E-state index contributed by atoms with van der Waals surface area (Å²) in [6.07, 6.45) is 12.4. The van der Waals surface area contributed by atoms with Crippen LogP contribution in [0.3, 0.4) is 0 Å². The molecule has 2 N–H and O–H groups in total. The van der Waals surface area contributed by atoms with Crippen molar-refractivity contribution in [2.24, 2.45) is 25.9 Å². The maximum absolute atomic E-state index is 12.5. The molecule has 0 radical (unpaired) electrons. The summed E-state index contributed by atoms with van der Waals surface area (Å²) in [6, 6.07) is 20.2. The molecule has 2 amide bonds. The number of nitriles is 2. The third kappa shape index (κ3) is 9.37. The molecule has 6 heterocycles. The van der Waals surface area contributed by atoms with E-state index in [9.17, 15) is 20.1 Å². The molecule has 0 saturated carbocycles. The minimum Gasteiger partial charge on any atom is -0.322 e. The van der Waals surface area contributed by atoms with E-state index < -0.39 is 0 Å². The number of rotatable bonds is 8. The molecule has 14 nitrogen and oxygen atoms in total. The van der Waals surface area contributed by atoms with E-state index in [-0.39, 0.29) is 11.8 Å². The Morgan fingerprint density at radius 3 is 1.48 bits per heavy atom. The van der Waals surface area contributed by atoms with Crippen LogP contribution in [-0.2, 0) is 23.7 Å². The summed E-state index contributed by atoms with van der Waals surface area (Å²) >= 11 is 0. The van der Waals surface area contributed by atoms with E-state index in [4.69, 9.17) is 0 Å². The normalized spacial score (nSPS) is 19.8. The zero-order chi connectivity index (χ0) is 40.8. The third-order valence-corrected chi connectivity index (χ3v) is 10.9. The maximum atomic E-state index is 12.5. The fraction of sp³-hybridized carbons (Fsp3) is 0.364. The van der Waals surface area contributed by atoms with Crippen molar-refractivity contribution in [1.82, 2.24) is 39.3 Å². The number of anilines is 2. The summed E-state index contributed by atoms with van der Waals surface area (Å²) in [7, 11) is 3.65. The SMILES string of the molecule is C[C@@H]1C[C@@H](c2ccc(C#N)c3ncccc23)CN(CC(=O)Nc2cnn(C)c2)C1.C[C@@H]1C[C@H](c2ccc(C#N)c3ncccc23)CN(CC(=O)Nc2cnn(C)c2)C1. The van der Waals surface area contributed by atoms with Crippen molar-refractivity contribution in [3.05, 3.63) is 108 Å². The highest BCUT2D eigenvalue weighted by Crippen LogP contribution is 2.36. The number of nitrogens with zero attached hydrogens (tertiary/aromatic N) is 10. The molecule has 2 aliphatic rings. The van der Waals surface area contributed by atoms with Gasteiger partial charge in [0.25, 0.3) is 0 Å². The van der Waals surface area contributed by atoms with Crippen molar-refractivity contribution >= 4 is 45.0 Å². The molecular formula is C44H48N12O2. The number of nitrogens with one attached hydrogen (secondary N) is 2. The molecule has 0 bridgehead atoms. The van der Waals surface area contributed by atoms with Crippen LogP contribution < -0.4 is 10.6 Å². The number of amides is 2. The molecule has 0 unspecified atom stereocenters. The van der Waals surface area contributed by atoms with Crippen LogP contribution in [0.5, 0.6) is 0 Å². The van der Waals surface area contributed by atoms with Crippen molar-refractivity contribution in [2.45, 2.75) is 38.5 Å². The predicted molar refractivity (Wildman–Crippen MR) is 223 cm³/mol. The van der Waals surface area contributed by atoms with Gasteiger partial charge in [-0.15, -0.1) is 0 Å². The lowest BCUT2D eigenvalue weighted by molar-refractivity contribution is -0.118. The highest BCUT2D eigenvalue weighted by Gasteiger charge is 2.30. The van der Waals surface area contributed by atoms with Crippen molar-refractivity contribution in [3.63, 3.8) is 0 Å². The second-order valence-corrected chi connectivity index (χ2v) is 15.8. The first-order valence-electron chi connectivity index (χ1n) is 19.6. The maximum Gasteiger partial charge on any atom is 0.238 e. The quantitative estimate of drug-likeness (QED) is 0.192. The van der Waals surface area contributed by atoms with Crippen LogP contribution in [0.15, 0.2) is 85.7 Å². The van der Waals surface area contributed by atoms with Gasteiger partial charge in [-0.05, 0) is 71.9 Å².